The van der Waals surface area contributed by atoms with E-state index in [1.165, 1.54) is 0 Å². The van der Waals surface area contributed by atoms with E-state index in [2.05, 4.69) is 40.9 Å². The fraction of sp³-hybridized carbons (Fsp3) is 0.318. The van der Waals surface area contributed by atoms with Gasteiger partial charge in [-0.3, -0.25) is 14.7 Å². The van der Waals surface area contributed by atoms with Crippen LogP contribution in [-0.4, -0.2) is 62.6 Å². The molecule has 11 heteroatoms. The second-order valence-electron chi connectivity index (χ2n) is 7.80. The van der Waals surface area contributed by atoms with Crippen molar-refractivity contribution < 1.29 is 4.79 Å². The Morgan fingerprint density at radius 3 is 2.79 bits per heavy atom. The molecule has 3 aromatic rings. The van der Waals surface area contributed by atoms with Gasteiger partial charge in [-0.25, -0.2) is 25.4 Å². The Hall–Kier alpha value is -3.18. The van der Waals surface area contributed by atoms with Crippen molar-refractivity contribution in [1.29, 1.82) is 0 Å². The number of carbonyl (C=O) groups is 1. The first-order chi connectivity index (χ1) is 15.9. The summed E-state index contributed by atoms with van der Waals surface area (Å²) in [7, 11) is 4.00. The predicted molar refractivity (Wildman–Crippen MR) is 125 cm³/mol. The molecule has 2 unspecified atom stereocenters. The van der Waals surface area contributed by atoms with Crippen molar-refractivity contribution in [3.05, 3.63) is 77.2 Å². The number of rotatable bonds is 7. The summed E-state index contributed by atoms with van der Waals surface area (Å²) in [5, 5.41) is 8.80. The van der Waals surface area contributed by atoms with Crippen LogP contribution >= 0.6 is 11.6 Å². The highest BCUT2D eigenvalue weighted by molar-refractivity contribution is 6.31. The summed E-state index contributed by atoms with van der Waals surface area (Å²) in [4.78, 5) is 31.9. The Bertz CT molecular complexity index is 1100. The Morgan fingerprint density at radius 2 is 2.03 bits per heavy atom. The zero-order valence-corrected chi connectivity index (χ0v) is 19.4. The quantitative estimate of drug-likeness (QED) is 0.481. The highest BCUT2D eigenvalue weighted by Crippen LogP contribution is 2.24. The Kier molecular flexibility index (Phi) is 7.09. The van der Waals surface area contributed by atoms with Crippen molar-refractivity contribution in [2.75, 3.05) is 26.0 Å². The van der Waals surface area contributed by atoms with Crippen molar-refractivity contribution in [3.63, 3.8) is 0 Å². The first-order valence-corrected chi connectivity index (χ1v) is 10.9. The smallest absolute Gasteiger partial charge is 0.251 e. The standard InChI is InChI=1S/C22H26ClN9O/c1-14(20-16(23)5-4-8-26-20)29-22(33)15-6-10-25-18(11-15)27-12-19-31(2)21(30-32(19)3)17-7-9-24-13-28-17/h4-11,13-14,19,21,30H,12H2,1-3H3,(H,25,27)(H,29,33)/t14-,19?,21?/m0/s1. The van der Waals surface area contributed by atoms with Gasteiger partial charge >= 0.3 is 0 Å². The highest BCUT2D eigenvalue weighted by atomic mass is 35.5. The van der Waals surface area contributed by atoms with Gasteiger partial charge < -0.3 is 10.6 Å². The summed E-state index contributed by atoms with van der Waals surface area (Å²) in [6.07, 6.45) is 6.51. The van der Waals surface area contributed by atoms with E-state index in [1.54, 1.807) is 49.2 Å². The van der Waals surface area contributed by atoms with Gasteiger partial charge in [0.15, 0.2) is 0 Å². The van der Waals surface area contributed by atoms with Crippen molar-refractivity contribution in [3.8, 4) is 0 Å². The second-order valence-corrected chi connectivity index (χ2v) is 8.21. The summed E-state index contributed by atoms with van der Waals surface area (Å²) in [5.74, 6) is 0.383. The minimum atomic E-state index is -0.332. The summed E-state index contributed by atoms with van der Waals surface area (Å²) >= 11 is 6.20. The van der Waals surface area contributed by atoms with Crippen molar-refractivity contribution in [2.24, 2.45) is 0 Å². The third-order valence-corrected chi connectivity index (χ3v) is 5.89. The number of pyridine rings is 2. The number of aromatic nitrogens is 4. The molecule has 0 spiro atoms. The van der Waals surface area contributed by atoms with E-state index in [0.717, 1.165) is 5.69 Å². The molecule has 3 N–H and O–H groups in total. The summed E-state index contributed by atoms with van der Waals surface area (Å²) in [5.41, 5.74) is 5.41. The van der Waals surface area contributed by atoms with Gasteiger partial charge in [-0.15, -0.1) is 0 Å². The molecule has 1 fully saturated rings. The van der Waals surface area contributed by atoms with E-state index >= 15 is 0 Å². The molecular weight excluding hydrogens is 442 g/mol. The lowest BCUT2D eigenvalue weighted by molar-refractivity contribution is 0.0939. The predicted octanol–water partition coefficient (Wildman–Crippen LogP) is 2.23. The van der Waals surface area contributed by atoms with Gasteiger partial charge in [0.25, 0.3) is 5.91 Å². The van der Waals surface area contributed by atoms with Crippen LogP contribution in [0, 0.1) is 0 Å². The van der Waals surface area contributed by atoms with E-state index in [9.17, 15) is 4.79 Å². The molecule has 0 radical (unpaired) electrons. The van der Waals surface area contributed by atoms with E-state index in [4.69, 9.17) is 11.6 Å². The zero-order chi connectivity index (χ0) is 23.4. The Morgan fingerprint density at radius 1 is 1.18 bits per heavy atom. The van der Waals surface area contributed by atoms with Crippen LogP contribution < -0.4 is 16.1 Å². The van der Waals surface area contributed by atoms with Crippen LogP contribution in [0.1, 0.15) is 40.9 Å². The third kappa shape index (κ3) is 5.25. The van der Waals surface area contributed by atoms with Crippen LogP contribution in [0.15, 0.2) is 55.2 Å². The molecule has 172 valence electrons. The fourth-order valence-corrected chi connectivity index (χ4v) is 4.05. The minimum Gasteiger partial charge on any atom is -0.367 e. The highest BCUT2D eigenvalue weighted by Gasteiger charge is 2.35. The Labute approximate surface area is 197 Å². The van der Waals surface area contributed by atoms with E-state index in [0.29, 0.717) is 28.6 Å². The van der Waals surface area contributed by atoms with Gasteiger partial charge in [-0.2, -0.15) is 0 Å². The molecule has 33 heavy (non-hydrogen) atoms. The fourth-order valence-electron chi connectivity index (χ4n) is 3.76. The first-order valence-electron chi connectivity index (χ1n) is 10.5. The molecule has 0 saturated carbocycles. The number of hydrazine groups is 1. The molecule has 10 nitrogen and oxygen atoms in total. The van der Waals surface area contributed by atoms with Crippen molar-refractivity contribution >= 4 is 23.3 Å². The number of anilines is 1. The Balaban J connectivity index is 1.38. The number of halogens is 1. The lowest BCUT2D eigenvalue weighted by Gasteiger charge is -2.25. The molecule has 1 aliphatic heterocycles. The van der Waals surface area contributed by atoms with Gasteiger partial charge in [0, 0.05) is 37.7 Å². The van der Waals surface area contributed by atoms with Gasteiger partial charge in [0.1, 0.15) is 18.3 Å². The van der Waals surface area contributed by atoms with Crippen LogP contribution in [0.5, 0.6) is 0 Å². The number of carbonyl (C=O) groups excluding carboxylic acids is 1. The van der Waals surface area contributed by atoms with E-state index in [1.807, 2.05) is 32.1 Å². The molecule has 1 aliphatic rings. The lowest BCUT2D eigenvalue weighted by Crippen LogP contribution is -2.42. The van der Waals surface area contributed by atoms with Gasteiger partial charge in [0.2, 0.25) is 0 Å². The molecule has 0 aromatic carbocycles. The molecule has 1 saturated heterocycles. The van der Waals surface area contributed by atoms with Crippen LogP contribution in [0.4, 0.5) is 5.82 Å². The van der Waals surface area contributed by atoms with Crippen LogP contribution in [0.3, 0.4) is 0 Å². The first kappa shape index (κ1) is 23.0. The van der Waals surface area contributed by atoms with Crippen LogP contribution in [0.25, 0.3) is 0 Å². The molecule has 3 atom stereocenters. The zero-order valence-electron chi connectivity index (χ0n) is 18.6. The largest absolute Gasteiger partial charge is 0.367 e. The monoisotopic (exact) mass is 467 g/mol. The maximum Gasteiger partial charge on any atom is 0.251 e. The molecule has 4 rings (SSSR count). The lowest BCUT2D eigenvalue weighted by atomic mass is 10.2. The average Bonchev–Trinajstić information content (AvgIpc) is 3.11. The third-order valence-electron chi connectivity index (χ3n) is 5.57. The maximum absolute atomic E-state index is 12.8. The topological polar surface area (TPSA) is 111 Å². The minimum absolute atomic E-state index is 0.0376. The molecule has 4 heterocycles. The summed E-state index contributed by atoms with van der Waals surface area (Å²) < 4.78 is 0. The summed E-state index contributed by atoms with van der Waals surface area (Å²) in [6.45, 7) is 2.43. The average molecular weight is 468 g/mol. The molecule has 0 aliphatic carbocycles. The van der Waals surface area contributed by atoms with Crippen molar-refractivity contribution in [1.82, 2.24) is 40.6 Å². The van der Waals surface area contributed by atoms with Gasteiger partial charge in [0.05, 0.1) is 28.6 Å². The number of nitrogens with zero attached hydrogens (tertiary/aromatic N) is 6. The molecular formula is C22H26ClN9O. The number of nitrogens with one attached hydrogen (secondary N) is 3. The van der Waals surface area contributed by atoms with E-state index < -0.39 is 0 Å². The van der Waals surface area contributed by atoms with Crippen LogP contribution in [-0.2, 0) is 0 Å². The van der Waals surface area contributed by atoms with Gasteiger partial charge in [-0.1, -0.05) is 11.6 Å². The number of hydrogen-bond donors (Lipinski definition) is 3. The number of likely N-dealkylation sites (N-methyl/N-ethyl adjacent to an activating group) is 2. The number of hydrogen-bond acceptors (Lipinski definition) is 9. The SMILES string of the molecule is C[C@H](NC(=O)c1ccnc(NCC2N(C)NC(c3ccncn3)N2C)c1)c1ncccc1Cl. The van der Waals surface area contributed by atoms with Gasteiger partial charge in [-0.05, 0) is 44.3 Å². The van der Waals surface area contributed by atoms with Crippen molar-refractivity contribution in [2.45, 2.75) is 25.3 Å². The molecule has 1 amide bonds. The van der Waals surface area contributed by atoms with Crippen LogP contribution in [0.2, 0.25) is 5.02 Å². The molecule has 3 aromatic heterocycles. The second kappa shape index (κ2) is 10.2. The molecule has 0 bridgehead atoms. The normalized spacial score (nSPS) is 19.9. The number of amides is 1. The van der Waals surface area contributed by atoms with E-state index in [-0.39, 0.29) is 24.3 Å². The summed E-state index contributed by atoms with van der Waals surface area (Å²) in [6, 6.07) is 8.47. The maximum atomic E-state index is 12.8.